The first-order valence-corrected chi connectivity index (χ1v) is 5.62. The number of nitrogens with zero attached hydrogens (tertiary/aromatic N) is 2. The molecule has 1 unspecified atom stereocenters. The predicted molar refractivity (Wildman–Crippen MR) is 65.7 cm³/mol. The minimum atomic E-state index is -0.0187. The SMILES string of the molecule is CC(Nc1nnc(CN)o1)c1ccccc1Cl. The topological polar surface area (TPSA) is 77.0 Å². The van der Waals surface area contributed by atoms with Gasteiger partial charge in [-0.25, -0.2) is 0 Å². The summed E-state index contributed by atoms with van der Waals surface area (Å²) >= 11 is 6.09. The van der Waals surface area contributed by atoms with Crippen LogP contribution in [-0.4, -0.2) is 10.2 Å². The molecule has 0 saturated heterocycles. The van der Waals surface area contributed by atoms with Gasteiger partial charge in [-0.2, -0.15) is 0 Å². The van der Waals surface area contributed by atoms with Gasteiger partial charge in [-0.15, -0.1) is 5.10 Å². The summed E-state index contributed by atoms with van der Waals surface area (Å²) in [6.07, 6.45) is 0. The minimum absolute atomic E-state index is 0.0187. The van der Waals surface area contributed by atoms with Gasteiger partial charge in [-0.3, -0.25) is 0 Å². The zero-order valence-corrected chi connectivity index (χ0v) is 10.1. The molecule has 0 saturated carbocycles. The van der Waals surface area contributed by atoms with Crippen molar-refractivity contribution in [3.63, 3.8) is 0 Å². The summed E-state index contributed by atoms with van der Waals surface area (Å²) in [4.78, 5) is 0. The number of nitrogens with two attached hydrogens (primary N) is 1. The van der Waals surface area contributed by atoms with E-state index in [1.807, 2.05) is 31.2 Å². The van der Waals surface area contributed by atoms with E-state index in [9.17, 15) is 0 Å². The Bertz CT molecular complexity index is 500. The van der Waals surface area contributed by atoms with Crippen molar-refractivity contribution in [1.29, 1.82) is 0 Å². The van der Waals surface area contributed by atoms with Crippen molar-refractivity contribution in [2.24, 2.45) is 5.73 Å². The van der Waals surface area contributed by atoms with Crippen molar-refractivity contribution in [2.45, 2.75) is 19.5 Å². The molecule has 0 aliphatic rings. The van der Waals surface area contributed by atoms with Gasteiger partial charge in [0.05, 0.1) is 12.6 Å². The van der Waals surface area contributed by atoms with Gasteiger partial charge in [-0.05, 0) is 18.6 Å². The highest BCUT2D eigenvalue weighted by Gasteiger charge is 2.12. The van der Waals surface area contributed by atoms with Crippen molar-refractivity contribution in [1.82, 2.24) is 10.2 Å². The van der Waals surface area contributed by atoms with E-state index in [2.05, 4.69) is 15.5 Å². The Kier molecular flexibility index (Phi) is 3.61. The second-order valence-corrected chi connectivity index (χ2v) is 4.00. The highest BCUT2D eigenvalue weighted by Crippen LogP contribution is 2.24. The number of aromatic nitrogens is 2. The number of nitrogens with one attached hydrogen (secondary N) is 1. The lowest BCUT2D eigenvalue weighted by Crippen LogP contribution is -2.07. The molecule has 90 valence electrons. The summed E-state index contributed by atoms with van der Waals surface area (Å²) in [5.41, 5.74) is 6.36. The number of rotatable bonds is 4. The van der Waals surface area contributed by atoms with E-state index in [1.165, 1.54) is 0 Å². The molecule has 17 heavy (non-hydrogen) atoms. The Morgan fingerprint density at radius 2 is 2.18 bits per heavy atom. The Morgan fingerprint density at radius 1 is 1.41 bits per heavy atom. The fourth-order valence-corrected chi connectivity index (χ4v) is 1.78. The summed E-state index contributed by atoms with van der Waals surface area (Å²) in [6.45, 7) is 2.20. The molecule has 1 aromatic heterocycles. The third-order valence-electron chi connectivity index (χ3n) is 2.35. The third-order valence-corrected chi connectivity index (χ3v) is 2.70. The molecule has 6 heteroatoms. The molecule has 0 bridgehead atoms. The molecule has 0 fully saturated rings. The summed E-state index contributed by atoms with van der Waals surface area (Å²) < 4.78 is 5.26. The molecule has 0 amide bonds. The zero-order chi connectivity index (χ0) is 12.3. The van der Waals surface area contributed by atoms with Crippen LogP contribution in [0.1, 0.15) is 24.4 Å². The largest absolute Gasteiger partial charge is 0.407 e. The van der Waals surface area contributed by atoms with Gasteiger partial charge in [0.15, 0.2) is 0 Å². The molecule has 1 heterocycles. The van der Waals surface area contributed by atoms with Gasteiger partial charge in [0, 0.05) is 5.02 Å². The summed E-state index contributed by atoms with van der Waals surface area (Å²) in [5, 5.41) is 11.4. The molecule has 5 nitrogen and oxygen atoms in total. The van der Waals surface area contributed by atoms with E-state index in [-0.39, 0.29) is 12.6 Å². The molecule has 3 N–H and O–H groups in total. The Morgan fingerprint density at radius 3 is 2.82 bits per heavy atom. The van der Waals surface area contributed by atoms with E-state index < -0.39 is 0 Å². The average molecular weight is 253 g/mol. The van der Waals surface area contributed by atoms with Gasteiger partial charge in [0.1, 0.15) is 0 Å². The van der Waals surface area contributed by atoms with Gasteiger partial charge in [-0.1, -0.05) is 34.9 Å². The summed E-state index contributed by atoms with van der Waals surface area (Å²) in [7, 11) is 0. The molecule has 2 aromatic rings. The number of anilines is 1. The van der Waals surface area contributed by atoms with Crippen LogP contribution in [-0.2, 0) is 6.54 Å². The average Bonchev–Trinajstić information content (AvgIpc) is 2.77. The van der Waals surface area contributed by atoms with Crippen molar-refractivity contribution < 1.29 is 4.42 Å². The van der Waals surface area contributed by atoms with E-state index in [1.54, 1.807) is 0 Å². The molecule has 0 spiro atoms. The highest BCUT2D eigenvalue weighted by atomic mass is 35.5. The second kappa shape index (κ2) is 5.16. The van der Waals surface area contributed by atoms with Gasteiger partial charge in [0.2, 0.25) is 5.89 Å². The van der Waals surface area contributed by atoms with E-state index >= 15 is 0 Å². The van der Waals surface area contributed by atoms with E-state index in [4.69, 9.17) is 21.8 Å². The van der Waals surface area contributed by atoms with Crippen LogP contribution in [0.25, 0.3) is 0 Å². The van der Waals surface area contributed by atoms with Crippen LogP contribution < -0.4 is 11.1 Å². The molecular weight excluding hydrogens is 240 g/mol. The minimum Gasteiger partial charge on any atom is -0.407 e. The van der Waals surface area contributed by atoms with Crippen LogP contribution >= 0.6 is 11.6 Å². The van der Waals surface area contributed by atoms with Crippen LogP contribution in [0.3, 0.4) is 0 Å². The maximum atomic E-state index is 6.09. The Labute approximate surface area is 104 Å². The highest BCUT2D eigenvalue weighted by molar-refractivity contribution is 6.31. The number of hydrogen-bond acceptors (Lipinski definition) is 5. The Balaban J connectivity index is 2.11. The normalized spacial score (nSPS) is 12.4. The molecule has 0 aliphatic heterocycles. The lowest BCUT2D eigenvalue weighted by Gasteiger charge is -2.13. The van der Waals surface area contributed by atoms with Crippen molar-refractivity contribution in [2.75, 3.05) is 5.32 Å². The number of halogens is 1. The molecule has 1 aromatic carbocycles. The summed E-state index contributed by atoms with van der Waals surface area (Å²) in [5.74, 6) is 0.402. The summed E-state index contributed by atoms with van der Waals surface area (Å²) in [6, 6.07) is 7.93. The Hall–Kier alpha value is -1.59. The first-order valence-electron chi connectivity index (χ1n) is 5.24. The van der Waals surface area contributed by atoms with Crippen molar-refractivity contribution >= 4 is 17.6 Å². The van der Waals surface area contributed by atoms with Crippen LogP contribution in [0, 0.1) is 0 Å². The first-order chi connectivity index (χ1) is 8.20. The van der Waals surface area contributed by atoms with E-state index in [0.717, 1.165) is 5.56 Å². The van der Waals surface area contributed by atoms with Crippen LogP contribution in [0.2, 0.25) is 5.02 Å². The molecule has 1 atom stereocenters. The van der Waals surface area contributed by atoms with Crippen LogP contribution in [0.4, 0.5) is 6.01 Å². The lowest BCUT2D eigenvalue weighted by molar-refractivity contribution is 0.503. The smallest absolute Gasteiger partial charge is 0.315 e. The molecule has 0 aliphatic carbocycles. The van der Waals surface area contributed by atoms with Crippen molar-refractivity contribution in [3.05, 3.63) is 40.7 Å². The van der Waals surface area contributed by atoms with Gasteiger partial charge < -0.3 is 15.5 Å². The molecular formula is C11H13ClN4O. The lowest BCUT2D eigenvalue weighted by atomic mass is 10.1. The predicted octanol–water partition coefficient (Wildman–Crippen LogP) is 2.35. The van der Waals surface area contributed by atoms with E-state index in [0.29, 0.717) is 16.9 Å². The zero-order valence-electron chi connectivity index (χ0n) is 9.35. The van der Waals surface area contributed by atoms with Crippen LogP contribution in [0.5, 0.6) is 0 Å². The second-order valence-electron chi connectivity index (χ2n) is 3.59. The van der Waals surface area contributed by atoms with Gasteiger partial charge in [0.25, 0.3) is 0 Å². The standard InChI is InChI=1S/C11H13ClN4O/c1-7(8-4-2-3-5-9(8)12)14-11-16-15-10(6-13)17-11/h2-5,7H,6,13H2,1H3,(H,14,16). The molecule has 2 rings (SSSR count). The number of benzene rings is 1. The fourth-order valence-electron chi connectivity index (χ4n) is 1.48. The third kappa shape index (κ3) is 2.75. The maximum absolute atomic E-state index is 6.09. The van der Waals surface area contributed by atoms with Crippen molar-refractivity contribution in [3.8, 4) is 0 Å². The van der Waals surface area contributed by atoms with Gasteiger partial charge >= 0.3 is 6.01 Å². The monoisotopic (exact) mass is 252 g/mol. The maximum Gasteiger partial charge on any atom is 0.315 e. The van der Waals surface area contributed by atoms with Crippen LogP contribution in [0.15, 0.2) is 28.7 Å². The quantitative estimate of drug-likeness (QED) is 0.874. The fraction of sp³-hybridized carbons (Fsp3) is 0.273. The molecule has 0 radical (unpaired) electrons. The first kappa shape index (κ1) is 11.9. The number of hydrogen-bond donors (Lipinski definition) is 2.